The molecule has 2 fully saturated rings. The average molecular weight is 443 g/mol. The number of guanidine groups is 1. The summed E-state index contributed by atoms with van der Waals surface area (Å²) in [6.45, 7) is 7.59. The molecule has 9 heteroatoms. The van der Waals surface area contributed by atoms with Gasteiger partial charge < -0.3 is 10.6 Å². The molecule has 6 nitrogen and oxygen atoms in total. The number of nitrogens with zero attached hydrogens (tertiary/aromatic N) is 4. The summed E-state index contributed by atoms with van der Waals surface area (Å²) in [7, 11) is 1.79. The Hall–Kier alpha value is -1.32. The summed E-state index contributed by atoms with van der Waals surface area (Å²) in [6.07, 6.45) is 2.89. The molecule has 0 spiro atoms. The second-order valence-electron chi connectivity index (χ2n) is 8.37. The molecule has 0 unspecified atom stereocenters. The van der Waals surface area contributed by atoms with Crippen molar-refractivity contribution < 1.29 is 8.78 Å². The lowest BCUT2D eigenvalue weighted by Crippen LogP contribution is -2.50. The number of rotatable bonds is 8. The third-order valence-corrected chi connectivity index (χ3v) is 7.14. The van der Waals surface area contributed by atoms with Crippen LogP contribution in [-0.4, -0.2) is 79.5 Å². The second-order valence-corrected chi connectivity index (χ2v) is 9.31. The predicted molar refractivity (Wildman–Crippen MR) is 119 cm³/mol. The quantitative estimate of drug-likeness (QED) is 0.479. The zero-order valence-corrected chi connectivity index (χ0v) is 19.1. The number of halogens is 2. The number of thiazole rings is 1. The predicted octanol–water partition coefficient (Wildman–Crippen LogP) is 2.81. The number of aliphatic imine (C=N–C) groups is 1. The first-order chi connectivity index (χ1) is 14.6. The number of piperidine rings is 2. The van der Waals surface area contributed by atoms with Gasteiger partial charge in [0.2, 0.25) is 0 Å². The van der Waals surface area contributed by atoms with E-state index in [0.717, 1.165) is 64.5 Å². The largest absolute Gasteiger partial charge is 0.356 e. The van der Waals surface area contributed by atoms with Crippen LogP contribution in [0.2, 0.25) is 0 Å². The van der Waals surface area contributed by atoms with Crippen LogP contribution in [0, 0.1) is 5.92 Å². The highest BCUT2D eigenvalue weighted by Gasteiger charge is 2.23. The first-order valence-electron chi connectivity index (χ1n) is 11.2. The Morgan fingerprint density at radius 3 is 2.50 bits per heavy atom. The normalized spacial score (nSPS) is 20.8. The third kappa shape index (κ3) is 7.42. The highest BCUT2D eigenvalue weighted by Crippen LogP contribution is 2.20. The number of hydrogen-bond donors (Lipinski definition) is 2. The highest BCUT2D eigenvalue weighted by atomic mass is 32.1. The summed E-state index contributed by atoms with van der Waals surface area (Å²) in [5.41, 5.74) is 1.21. The second kappa shape index (κ2) is 11.9. The number of alkyl halides is 2. The highest BCUT2D eigenvalue weighted by molar-refractivity contribution is 7.09. The number of likely N-dealkylation sites (tertiary alicyclic amines) is 2. The van der Waals surface area contributed by atoms with Crippen molar-refractivity contribution >= 4 is 17.3 Å². The molecule has 30 heavy (non-hydrogen) atoms. The Kier molecular flexibility index (Phi) is 9.27. The van der Waals surface area contributed by atoms with Crippen LogP contribution in [0.1, 0.15) is 43.3 Å². The van der Waals surface area contributed by atoms with E-state index >= 15 is 0 Å². The van der Waals surface area contributed by atoms with Crippen LogP contribution in [0.4, 0.5) is 8.78 Å². The Balaban J connectivity index is 1.32. The van der Waals surface area contributed by atoms with Crippen LogP contribution >= 0.6 is 11.3 Å². The lowest BCUT2D eigenvalue weighted by Gasteiger charge is -2.34. The van der Waals surface area contributed by atoms with Crippen molar-refractivity contribution in [3.8, 4) is 0 Å². The minimum atomic E-state index is -2.24. The SMILES string of the molecule is CCc1nc(CN2CCC(CNC(=NC)NC3CCN(CC(F)F)CC3)CC2)cs1. The first-order valence-corrected chi connectivity index (χ1v) is 12.1. The van der Waals surface area contributed by atoms with Crippen molar-refractivity contribution in [1.82, 2.24) is 25.4 Å². The summed E-state index contributed by atoms with van der Waals surface area (Å²) >= 11 is 1.77. The molecular weight excluding hydrogens is 406 g/mol. The maximum Gasteiger partial charge on any atom is 0.251 e. The molecule has 2 N–H and O–H groups in total. The maximum absolute atomic E-state index is 12.5. The van der Waals surface area contributed by atoms with Gasteiger partial charge in [-0.15, -0.1) is 11.3 Å². The topological polar surface area (TPSA) is 55.8 Å². The van der Waals surface area contributed by atoms with E-state index in [0.29, 0.717) is 12.0 Å². The van der Waals surface area contributed by atoms with Gasteiger partial charge in [0.25, 0.3) is 6.43 Å². The molecule has 2 aliphatic rings. The lowest BCUT2D eigenvalue weighted by atomic mass is 9.97. The van der Waals surface area contributed by atoms with Crippen molar-refractivity contribution in [2.24, 2.45) is 10.9 Å². The Labute approximate surface area is 183 Å². The van der Waals surface area contributed by atoms with E-state index in [-0.39, 0.29) is 6.54 Å². The zero-order valence-electron chi connectivity index (χ0n) is 18.2. The molecule has 0 saturated carbocycles. The molecule has 0 amide bonds. The molecule has 2 aliphatic heterocycles. The van der Waals surface area contributed by atoms with Crippen LogP contribution in [0.5, 0.6) is 0 Å². The number of nitrogens with one attached hydrogen (secondary N) is 2. The van der Waals surface area contributed by atoms with E-state index in [9.17, 15) is 8.78 Å². The molecule has 0 aromatic carbocycles. The van der Waals surface area contributed by atoms with E-state index in [2.05, 4.69) is 37.8 Å². The molecule has 1 aromatic rings. The van der Waals surface area contributed by atoms with Crippen molar-refractivity contribution in [3.63, 3.8) is 0 Å². The summed E-state index contributed by atoms with van der Waals surface area (Å²) in [6, 6.07) is 0.304. The Morgan fingerprint density at radius 2 is 1.90 bits per heavy atom. The van der Waals surface area contributed by atoms with E-state index < -0.39 is 6.43 Å². The van der Waals surface area contributed by atoms with Crippen LogP contribution in [0.25, 0.3) is 0 Å². The van der Waals surface area contributed by atoms with E-state index in [4.69, 9.17) is 0 Å². The minimum absolute atomic E-state index is 0.110. The number of aromatic nitrogens is 1. The molecule has 0 radical (unpaired) electrons. The van der Waals surface area contributed by atoms with Gasteiger partial charge in [-0.3, -0.25) is 14.8 Å². The fourth-order valence-corrected chi connectivity index (χ4v) is 4.98. The van der Waals surface area contributed by atoms with Crippen LogP contribution < -0.4 is 10.6 Å². The first kappa shape index (κ1) is 23.3. The average Bonchev–Trinajstić information content (AvgIpc) is 3.20. The van der Waals surface area contributed by atoms with E-state index in [1.165, 1.54) is 23.5 Å². The summed E-state index contributed by atoms with van der Waals surface area (Å²) in [5.74, 6) is 1.48. The Morgan fingerprint density at radius 1 is 1.20 bits per heavy atom. The van der Waals surface area contributed by atoms with Crippen molar-refractivity contribution in [2.75, 3.05) is 46.3 Å². The van der Waals surface area contributed by atoms with Gasteiger partial charge in [-0.2, -0.15) is 0 Å². The molecule has 3 rings (SSSR count). The summed E-state index contributed by atoms with van der Waals surface area (Å²) < 4.78 is 25.0. The molecule has 1 aromatic heterocycles. The minimum Gasteiger partial charge on any atom is -0.356 e. The van der Waals surface area contributed by atoms with Gasteiger partial charge in [0.1, 0.15) is 0 Å². The molecular formula is C21H36F2N6S. The number of aryl methyl sites for hydroxylation is 1. The molecule has 0 aliphatic carbocycles. The van der Waals surface area contributed by atoms with Gasteiger partial charge in [-0.1, -0.05) is 6.92 Å². The number of hydrogen-bond acceptors (Lipinski definition) is 5. The monoisotopic (exact) mass is 442 g/mol. The van der Waals surface area contributed by atoms with E-state index in [1.807, 2.05) is 4.90 Å². The molecule has 2 saturated heterocycles. The molecule has 0 atom stereocenters. The maximum atomic E-state index is 12.5. The van der Waals surface area contributed by atoms with Gasteiger partial charge in [0.15, 0.2) is 5.96 Å². The Bertz CT molecular complexity index is 652. The molecule has 3 heterocycles. The zero-order chi connectivity index (χ0) is 21.3. The van der Waals surface area contributed by atoms with Gasteiger partial charge >= 0.3 is 0 Å². The summed E-state index contributed by atoms with van der Waals surface area (Å²) in [4.78, 5) is 13.4. The van der Waals surface area contributed by atoms with Gasteiger partial charge in [-0.05, 0) is 51.1 Å². The lowest BCUT2D eigenvalue weighted by molar-refractivity contribution is 0.0744. The van der Waals surface area contributed by atoms with Gasteiger partial charge in [0.05, 0.1) is 17.2 Å². The van der Waals surface area contributed by atoms with Crippen LogP contribution in [-0.2, 0) is 13.0 Å². The fourth-order valence-electron chi connectivity index (χ4n) is 4.25. The molecule has 170 valence electrons. The smallest absolute Gasteiger partial charge is 0.251 e. The fraction of sp³-hybridized carbons (Fsp3) is 0.810. The van der Waals surface area contributed by atoms with Crippen molar-refractivity contribution in [1.29, 1.82) is 0 Å². The van der Waals surface area contributed by atoms with Crippen LogP contribution in [0.3, 0.4) is 0 Å². The van der Waals surface area contributed by atoms with Gasteiger partial charge in [-0.25, -0.2) is 13.8 Å². The van der Waals surface area contributed by atoms with Crippen LogP contribution in [0.15, 0.2) is 10.4 Å². The van der Waals surface area contributed by atoms with E-state index in [1.54, 1.807) is 18.4 Å². The summed E-state index contributed by atoms with van der Waals surface area (Å²) in [5, 5.41) is 10.4. The van der Waals surface area contributed by atoms with Gasteiger partial charge in [0, 0.05) is 44.6 Å². The van der Waals surface area contributed by atoms with Crippen molar-refractivity contribution in [3.05, 3.63) is 16.1 Å². The molecule has 0 bridgehead atoms. The van der Waals surface area contributed by atoms with Crippen molar-refractivity contribution in [2.45, 2.75) is 58.0 Å². The standard InChI is InChI=1S/C21H36F2N6S/c1-3-20-26-18(15-30-20)13-28-8-4-16(5-9-28)12-25-21(24-2)27-17-6-10-29(11-7-17)14-19(22)23/h15-17,19H,3-14H2,1-2H3,(H2,24,25,27). The third-order valence-electron chi connectivity index (χ3n) is 6.10.